The first-order chi connectivity index (χ1) is 8.79. The van der Waals surface area contributed by atoms with Gasteiger partial charge in [-0.1, -0.05) is 4.49 Å². The normalized spacial score (nSPS) is 14.5. The SMILES string of the molecule is NNc1snnc1Cn1nc2n(c1=O)CCCC2. The molecule has 96 valence electrons. The van der Waals surface area contributed by atoms with Crippen LogP contribution in [0.4, 0.5) is 5.00 Å². The average molecular weight is 267 g/mol. The maximum absolute atomic E-state index is 12.1. The van der Waals surface area contributed by atoms with Gasteiger partial charge in [-0.25, -0.2) is 15.3 Å². The molecule has 0 fully saturated rings. The summed E-state index contributed by atoms with van der Waals surface area (Å²) in [6.45, 7) is 1.06. The highest BCUT2D eigenvalue weighted by molar-refractivity contribution is 7.10. The molecule has 0 bridgehead atoms. The maximum atomic E-state index is 12.1. The lowest BCUT2D eigenvalue weighted by atomic mass is 10.2. The van der Waals surface area contributed by atoms with Gasteiger partial charge < -0.3 is 5.43 Å². The van der Waals surface area contributed by atoms with E-state index in [4.69, 9.17) is 5.84 Å². The van der Waals surface area contributed by atoms with E-state index in [1.807, 2.05) is 0 Å². The zero-order chi connectivity index (χ0) is 12.5. The summed E-state index contributed by atoms with van der Waals surface area (Å²) >= 11 is 1.16. The van der Waals surface area contributed by atoms with Crippen LogP contribution >= 0.6 is 11.5 Å². The number of hydrogen-bond donors (Lipinski definition) is 2. The first-order valence-corrected chi connectivity index (χ1v) is 6.51. The Labute approximate surface area is 107 Å². The third kappa shape index (κ3) is 1.81. The Bertz CT molecular complexity index is 613. The van der Waals surface area contributed by atoms with Gasteiger partial charge in [0.1, 0.15) is 16.5 Å². The van der Waals surface area contributed by atoms with Crippen LogP contribution in [0.5, 0.6) is 0 Å². The quantitative estimate of drug-likeness (QED) is 0.577. The van der Waals surface area contributed by atoms with Gasteiger partial charge in [-0.15, -0.1) is 5.10 Å². The van der Waals surface area contributed by atoms with Crippen LogP contribution in [0.2, 0.25) is 0 Å². The molecule has 3 N–H and O–H groups in total. The van der Waals surface area contributed by atoms with E-state index in [0.29, 0.717) is 17.2 Å². The van der Waals surface area contributed by atoms with Crippen LogP contribution in [0.3, 0.4) is 0 Å². The minimum absolute atomic E-state index is 0.0827. The number of aromatic nitrogens is 5. The molecule has 0 aliphatic carbocycles. The lowest BCUT2D eigenvalue weighted by Gasteiger charge is -2.09. The fourth-order valence-corrected chi connectivity index (χ4v) is 2.60. The standard InChI is InChI=1S/C9H13N7OS/c10-11-8-6(12-14-18-8)5-16-9(17)15-4-2-1-3-7(15)13-16/h11H,1-5,10H2. The van der Waals surface area contributed by atoms with Crippen LogP contribution < -0.4 is 17.0 Å². The molecule has 8 nitrogen and oxygen atoms in total. The molecule has 0 saturated carbocycles. The molecule has 2 aromatic rings. The molecular formula is C9H13N7OS. The molecule has 2 aromatic heterocycles. The second-order valence-corrected chi connectivity index (χ2v) is 4.91. The molecule has 1 aliphatic rings. The van der Waals surface area contributed by atoms with E-state index in [-0.39, 0.29) is 5.69 Å². The molecule has 3 rings (SSSR count). The van der Waals surface area contributed by atoms with Crippen LogP contribution in [0.15, 0.2) is 4.79 Å². The largest absolute Gasteiger partial charge is 0.346 e. The molecule has 0 aromatic carbocycles. The van der Waals surface area contributed by atoms with Gasteiger partial charge in [0.05, 0.1) is 6.54 Å². The van der Waals surface area contributed by atoms with Crippen LogP contribution in [-0.2, 0) is 19.5 Å². The van der Waals surface area contributed by atoms with Crippen molar-refractivity contribution in [3.8, 4) is 0 Å². The molecule has 3 heterocycles. The number of nitrogens with zero attached hydrogens (tertiary/aromatic N) is 5. The van der Waals surface area contributed by atoms with E-state index in [9.17, 15) is 4.79 Å². The highest BCUT2D eigenvalue weighted by Crippen LogP contribution is 2.16. The number of nitrogens with one attached hydrogen (secondary N) is 1. The van der Waals surface area contributed by atoms with Crippen molar-refractivity contribution < 1.29 is 0 Å². The number of anilines is 1. The summed E-state index contributed by atoms with van der Waals surface area (Å²) in [5, 5.41) is 8.94. The number of aryl methyl sites for hydroxylation is 1. The van der Waals surface area contributed by atoms with Gasteiger partial charge in [0.25, 0.3) is 0 Å². The number of hydrogen-bond acceptors (Lipinski definition) is 7. The molecule has 0 radical (unpaired) electrons. The van der Waals surface area contributed by atoms with Crippen molar-refractivity contribution >= 4 is 16.5 Å². The highest BCUT2D eigenvalue weighted by atomic mass is 32.1. The lowest BCUT2D eigenvalue weighted by Crippen LogP contribution is -2.27. The van der Waals surface area contributed by atoms with Crippen LogP contribution in [0, 0.1) is 0 Å². The Kier molecular flexibility index (Phi) is 2.84. The molecular weight excluding hydrogens is 254 g/mol. The average Bonchev–Trinajstić information content (AvgIpc) is 2.96. The maximum Gasteiger partial charge on any atom is 0.346 e. The first kappa shape index (κ1) is 11.4. The Balaban J connectivity index is 1.94. The van der Waals surface area contributed by atoms with Crippen molar-refractivity contribution in [2.75, 3.05) is 5.43 Å². The monoisotopic (exact) mass is 267 g/mol. The van der Waals surface area contributed by atoms with Crippen molar-refractivity contribution in [2.45, 2.75) is 32.4 Å². The second kappa shape index (κ2) is 4.50. The summed E-state index contributed by atoms with van der Waals surface area (Å²) in [5.41, 5.74) is 3.08. The number of fused-ring (bicyclic) bond motifs is 1. The number of rotatable bonds is 3. The molecule has 0 amide bonds. The van der Waals surface area contributed by atoms with Crippen molar-refractivity contribution in [1.29, 1.82) is 0 Å². The molecule has 1 aliphatic heterocycles. The van der Waals surface area contributed by atoms with Crippen LogP contribution in [-0.4, -0.2) is 23.9 Å². The predicted octanol–water partition coefficient (Wildman–Crippen LogP) is -0.434. The first-order valence-electron chi connectivity index (χ1n) is 5.74. The smallest absolute Gasteiger partial charge is 0.313 e. The molecule has 0 atom stereocenters. The van der Waals surface area contributed by atoms with E-state index < -0.39 is 0 Å². The topological polar surface area (TPSA) is 104 Å². The zero-order valence-electron chi connectivity index (χ0n) is 9.67. The Morgan fingerprint density at radius 1 is 1.44 bits per heavy atom. The summed E-state index contributed by atoms with van der Waals surface area (Å²) in [6.07, 6.45) is 2.98. The van der Waals surface area contributed by atoms with E-state index in [1.54, 1.807) is 4.57 Å². The zero-order valence-corrected chi connectivity index (χ0v) is 10.5. The van der Waals surface area contributed by atoms with Crippen molar-refractivity contribution in [1.82, 2.24) is 23.9 Å². The third-order valence-electron chi connectivity index (χ3n) is 3.02. The van der Waals surface area contributed by atoms with Crippen molar-refractivity contribution in [2.24, 2.45) is 5.84 Å². The lowest BCUT2D eigenvalue weighted by molar-refractivity contribution is 0.511. The van der Waals surface area contributed by atoms with Gasteiger partial charge in [-0.05, 0) is 12.8 Å². The minimum atomic E-state index is -0.0827. The minimum Gasteiger partial charge on any atom is -0.313 e. The van der Waals surface area contributed by atoms with Crippen LogP contribution in [0.25, 0.3) is 0 Å². The second-order valence-electron chi connectivity index (χ2n) is 4.16. The number of hydrazine groups is 1. The van der Waals surface area contributed by atoms with Gasteiger partial charge in [0, 0.05) is 24.5 Å². The van der Waals surface area contributed by atoms with Crippen molar-refractivity contribution in [3.63, 3.8) is 0 Å². The Morgan fingerprint density at radius 3 is 3.11 bits per heavy atom. The van der Waals surface area contributed by atoms with Gasteiger partial charge in [-0.3, -0.25) is 4.57 Å². The van der Waals surface area contributed by atoms with E-state index in [1.165, 1.54) is 4.68 Å². The highest BCUT2D eigenvalue weighted by Gasteiger charge is 2.18. The van der Waals surface area contributed by atoms with Gasteiger partial charge in [0.2, 0.25) is 0 Å². The van der Waals surface area contributed by atoms with Crippen molar-refractivity contribution in [3.05, 3.63) is 22.0 Å². The van der Waals surface area contributed by atoms with E-state index in [2.05, 4.69) is 20.1 Å². The molecule has 0 saturated heterocycles. The molecule has 18 heavy (non-hydrogen) atoms. The Hall–Kier alpha value is -1.74. The summed E-state index contributed by atoms with van der Waals surface area (Å²) in [5.74, 6) is 6.21. The summed E-state index contributed by atoms with van der Waals surface area (Å²) < 4.78 is 6.96. The van der Waals surface area contributed by atoms with Gasteiger partial charge in [-0.2, -0.15) is 5.10 Å². The summed E-state index contributed by atoms with van der Waals surface area (Å²) in [4.78, 5) is 12.1. The Morgan fingerprint density at radius 2 is 2.33 bits per heavy atom. The molecule has 0 unspecified atom stereocenters. The number of nitrogen functional groups attached to an aromatic ring is 1. The van der Waals surface area contributed by atoms with Crippen LogP contribution in [0.1, 0.15) is 24.4 Å². The van der Waals surface area contributed by atoms with E-state index in [0.717, 1.165) is 43.2 Å². The number of nitrogens with two attached hydrogens (primary N) is 1. The molecule has 0 spiro atoms. The molecule has 9 heteroatoms. The van der Waals surface area contributed by atoms with E-state index >= 15 is 0 Å². The third-order valence-corrected chi connectivity index (χ3v) is 3.72. The predicted molar refractivity (Wildman–Crippen MR) is 66.2 cm³/mol. The summed E-state index contributed by atoms with van der Waals surface area (Å²) in [7, 11) is 0. The van der Waals surface area contributed by atoms with Gasteiger partial charge >= 0.3 is 5.69 Å². The summed E-state index contributed by atoms with van der Waals surface area (Å²) in [6, 6.07) is 0. The fraction of sp³-hybridized carbons (Fsp3) is 0.556. The van der Waals surface area contributed by atoms with Gasteiger partial charge in [0.15, 0.2) is 0 Å². The fourth-order valence-electron chi connectivity index (χ4n) is 2.12.